The topological polar surface area (TPSA) is 35.5 Å². The van der Waals surface area contributed by atoms with Crippen LogP contribution in [0.5, 0.6) is 0 Å². The van der Waals surface area contributed by atoms with Gasteiger partial charge in [0.2, 0.25) is 0 Å². The summed E-state index contributed by atoms with van der Waals surface area (Å²) in [5, 5.41) is 12.6. The second-order valence-corrected chi connectivity index (χ2v) is 5.93. The van der Waals surface area contributed by atoms with Gasteiger partial charge < -0.3 is 15.3 Å². The second-order valence-electron chi connectivity index (χ2n) is 5.93. The Bertz CT molecular complexity index is 216. The zero-order valence-corrected chi connectivity index (χ0v) is 10.7. The monoisotopic (exact) mass is 226 g/mol. The molecule has 0 aromatic heterocycles. The summed E-state index contributed by atoms with van der Waals surface area (Å²) in [6, 6.07) is 0. The fourth-order valence-electron chi connectivity index (χ4n) is 3.20. The number of hydrogen-bond acceptors (Lipinski definition) is 3. The summed E-state index contributed by atoms with van der Waals surface area (Å²) in [4.78, 5) is 2.60. The van der Waals surface area contributed by atoms with E-state index in [1.54, 1.807) is 0 Å². The Morgan fingerprint density at radius 1 is 1.31 bits per heavy atom. The van der Waals surface area contributed by atoms with E-state index in [1.165, 1.54) is 32.4 Å². The minimum atomic E-state index is -0.0995. The van der Waals surface area contributed by atoms with Gasteiger partial charge >= 0.3 is 0 Å². The Hall–Kier alpha value is -0.120. The smallest absolute Gasteiger partial charge is 0.0610 e. The molecule has 94 valence electrons. The summed E-state index contributed by atoms with van der Waals surface area (Å²) in [7, 11) is 1.94. The van der Waals surface area contributed by atoms with Crippen molar-refractivity contribution in [3.8, 4) is 0 Å². The number of likely N-dealkylation sites (tertiary alicyclic amines) is 1. The molecule has 1 aliphatic carbocycles. The Morgan fingerprint density at radius 3 is 2.44 bits per heavy atom. The van der Waals surface area contributed by atoms with Gasteiger partial charge in [-0.3, -0.25) is 0 Å². The highest BCUT2D eigenvalue weighted by molar-refractivity contribution is 4.90. The number of hydrogen-bond donors (Lipinski definition) is 2. The van der Waals surface area contributed by atoms with Gasteiger partial charge in [-0.1, -0.05) is 6.42 Å². The highest BCUT2D eigenvalue weighted by Crippen LogP contribution is 2.37. The van der Waals surface area contributed by atoms with Crippen LogP contribution in [-0.4, -0.2) is 48.8 Å². The lowest BCUT2D eigenvalue weighted by Gasteiger charge is -2.29. The average molecular weight is 226 g/mol. The van der Waals surface area contributed by atoms with E-state index in [-0.39, 0.29) is 12.1 Å². The maximum atomic E-state index is 9.34. The first-order chi connectivity index (χ1) is 7.67. The van der Waals surface area contributed by atoms with Crippen LogP contribution in [0, 0.1) is 11.8 Å². The van der Waals surface area contributed by atoms with E-state index >= 15 is 0 Å². The molecule has 2 rings (SSSR count). The van der Waals surface area contributed by atoms with E-state index in [0.717, 1.165) is 24.8 Å². The second kappa shape index (κ2) is 5.03. The number of aliphatic hydroxyl groups is 1. The van der Waals surface area contributed by atoms with Crippen molar-refractivity contribution >= 4 is 0 Å². The molecule has 3 atom stereocenters. The lowest BCUT2D eigenvalue weighted by molar-refractivity contribution is 0.156. The Kier molecular flexibility index (Phi) is 3.88. The van der Waals surface area contributed by atoms with Crippen molar-refractivity contribution < 1.29 is 5.11 Å². The van der Waals surface area contributed by atoms with Gasteiger partial charge in [-0.25, -0.2) is 0 Å². The molecule has 3 heteroatoms. The molecule has 3 unspecified atom stereocenters. The van der Waals surface area contributed by atoms with E-state index in [1.807, 2.05) is 7.05 Å². The molecule has 2 N–H and O–H groups in total. The predicted molar refractivity (Wildman–Crippen MR) is 66.4 cm³/mol. The van der Waals surface area contributed by atoms with Gasteiger partial charge in [-0.15, -0.1) is 0 Å². The molecule has 0 radical (unpaired) electrons. The van der Waals surface area contributed by atoms with E-state index in [2.05, 4.69) is 17.1 Å². The fraction of sp³-hybridized carbons (Fsp3) is 1.00. The van der Waals surface area contributed by atoms with Gasteiger partial charge in [-0.2, -0.15) is 0 Å². The Morgan fingerprint density at radius 2 is 1.94 bits per heavy atom. The summed E-state index contributed by atoms with van der Waals surface area (Å²) < 4.78 is 0. The van der Waals surface area contributed by atoms with E-state index in [9.17, 15) is 5.11 Å². The molecule has 16 heavy (non-hydrogen) atoms. The van der Waals surface area contributed by atoms with Gasteiger partial charge in [0, 0.05) is 18.6 Å². The van der Waals surface area contributed by atoms with Crippen LogP contribution in [0.1, 0.15) is 32.6 Å². The maximum Gasteiger partial charge on any atom is 0.0610 e. The molecule has 1 saturated carbocycles. The molecular formula is C13H26N2O. The average Bonchev–Trinajstić information content (AvgIpc) is 2.86. The SMILES string of the molecule is CNC(C)(CO)CCN1CC2CCCC2C1. The van der Waals surface area contributed by atoms with Crippen LogP contribution in [0.15, 0.2) is 0 Å². The van der Waals surface area contributed by atoms with E-state index in [4.69, 9.17) is 0 Å². The van der Waals surface area contributed by atoms with E-state index in [0.29, 0.717) is 0 Å². The minimum absolute atomic E-state index is 0.0995. The van der Waals surface area contributed by atoms with Gasteiger partial charge in [0.05, 0.1) is 6.61 Å². The lowest BCUT2D eigenvalue weighted by atomic mass is 9.99. The van der Waals surface area contributed by atoms with Crippen molar-refractivity contribution in [2.24, 2.45) is 11.8 Å². The molecular weight excluding hydrogens is 200 g/mol. The molecule has 0 bridgehead atoms. The molecule has 1 aliphatic heterocycles. The van der Waals surface area contributed by atoms with Crippen molar-refractivity contribution in [1.29, 1.82) is 0 Å². The molecule has 0 amide bonds. The Labute approximate surface area is 99.2 Å². The van der Waals surface area contributed by atoms with Crippen molar-refractivity contribution in [2.75, 3.05) is 33.3 Å². The summed E-state index contributed by atoms with van der Waals surface area (Å²) in [5.74, 6) is 1.96. The van der Waals surface area contributed by atoms with Crippen molar-refractivity contribution in [3.05, 3.63) is 0 Å². The summed E-state index contributed by atoms with van der Waals surface area (Å²) >= 11 is 0. The van der Waals surface area contributed by atoms with Crippen LogP contribution >= 0.6 is 0 Å². The quantitative estimate of drug-likeness (QED) is 0.736. The van der Waals surface area contributed by atoms with Gasteiger partial charge in [0.25, 0.3) is 0 Å². The molecule has 0 spiro atoms. The number of nitrogens with one attached hydrogen (secondary N) is 1. The summed E-state index contributed by atoms with van der Waals surface area (Å²) in [6.07, 6.45) is 5.39. The lowest BCUT2D eigenvalue weighted by Crippen LogP contribution is -2.45. The highest BCUT2D eigenvalue weighted by Gasteiger charge is 2.36. The van der Waals surface area contributed by atoms with Crippen LogP contribution in [0.25, 0.3) is 0 Å². The first-order valence-corrected chi connectivity index (χ1v) is 6.69. The van der Waals surface area contributed by atoms with Crippen LogP contribution in [0.2, 0.25) is 0 Å². The predicted octanol–water partition coefficient (Wildman–Crippen LogP) is 1.08. The number of fused-ring (bicyclic) bond motifs is 1. The van der Waals surface area contributed by atoms with Gasteiger partial charge in [0.15, 0.2) is 0 Å². The molecule has 2 fully saturated rings. The van der Waals surface area contributed by atoms with Crippen molar-refractivity contribution in [3.63, 3.8) is 0 Å². The molecule has 0 aromatic rings. The first kappa shape index (κ1) is 12.3. The third-order valence-electron chi connectivity index (χ3n) is 4.73. The van der Waals surface area contributed by atoms with Crippen LogP contribution in [0.3, 0.4) is 0 Å². The van der Waals surface area contributed by atoms with Crippen LogP contribution < -0.4 is 5.32 Å². The van der Waals surface area contributed by atoms with Crippen molar-refractivity contribution in [1.82, 2.24) is 10.2 Å². The third kappa shape index (κ3) is 2.58. The number of nitrogens with zero attached hydrogens (tertiary/aromatic N) is 1. The van der Waals surface area contributed by atoms with Gasteiger partial charge in [-0.05, 0) is 51.6 Å². The third-order valence-corrected chi connectivity index (χ3v) is 4.73. The Balaban J connectivity index is 1.75. The maximum absolute atomic E-state index is 9.34. The molecule has 0 aromatic carbocycles. The first-order valence-electron chi connectivity index (χ1n) is 6.69. The van der Waals surface area contributed by atoms with Crippen LogP contribution in [-0.2, 0) is 0 Å². The number of rotatable bonds is 5. The molecule has 3 nitrogen and oxygen atoms in total. The standard InChI is InChI=1S/C13H26N2O/c1-13(10-16,14-2)6-7-15-8-11-4-3-5-12(11)9-15/h11-12,14,16H,3-10H2,1-2H3. The number of likely N-dealkylation sites (N-methyl/N-ethyl adjacent to an activating group) is 1. The van der Waals surface area contributed by atoms with E-state index < -0.39 is 0 Å². The van der Waals surface area contributed by atoms with Crippen LogP contribution in [0.4, 0.5) is 0 Å². The zero-order valence-electron chi connectivity index (χ0n) is 10.7. The largest absolute Gasteiger partial charge is 0.394 e. The van der Waals surface area contributed by atoms with Crippen molar-refractivity contribution in [2.45, 2.75) is 38.1 Å². The van der Waals surface area contributed by atoms with Gasteiger partial charge in [0.1, 0.15) is 0 Å². The summed E-state index contributed by atoms with van der Waals surface area (Å²) in [5.41, 5.74) is -0.0995. The minimum Gasteiger partial charge on any atom is -0.394 e. The molecule has 2 aliphatic rings. The normalized spacial score (nSPS) is 33.9. The fourth-order valence-corrected chi connectivity index (χ4v) is 3.20. The number of aliphatic hydroxyl groups excluding tert-OH is 1. The molecule has 1 heterocycles. The molecule has 1 saturated heterocycles. The summed E-state index contributed by atoms with van der Waals surface area (Å²) in [6.45, 7) is 6.06. The zero-order chi connectivity index (χ0) is 11.6. The highest BCUT2D eigenvalue weighted by atomic mass is 16.3.